The minimum atomic E-state index is -1.06. The zero-order valence-corrected chi connectivity index (χ0v) is 18.3. The molecule has 0 aliphatic carbocycles. The maximum Gasteiger partial charge on any atom is 0.309 e. The second-order valence-electron chi connectivity index (χ2n) is 7.39. The average Bonchev–Trinajstić information content (AvgIpc) is 3.16. The van der Waals surface area contributed by atoms with Gasteiger partial charge in [-0.2, -0.15) is 4.98 Å². The Morgan fingerprint density at radius 3 is 2.81 bits per heavy atom. The summed E-state index contributed by atoms with van der Waals surface area (Å²) < 4.78 is 11.2. The number of aromatic amines is 1. The van der Waals surface area contributed by atoms with Crippen molar-refractivity contribution in [2.75, 3.05) is 35.8 Å². The van der Waals surface area contributed by atoms with E-state index in [0.29, 0.717) is 6.42 Å². The van der Waals surface area contributed by atoms with Gasteiger partial charge in [-0.05, 0) is 32.1 Å². The summed E-state index contributed by atoms with van der Waals surface area (Å²) in [5.74, 6) is -0.158. The summed E-state index contributed by atoms with van der Waals surface area (Å²) in [5.41, 5.74) is 5.49. The van der Waals surface area contributed by atoms with E-state index in [1.54, 1.807) is 0 Å². The number of H-pyrrole nitrogens is 1. The van der Waals surface area contributed by atoms with E-state index in [9.17, 15) is 9.59 Å². The third kappa shape index (κ3) is 8.22. The van der Waals surface area contributed by atoms with E-state index in [4.69, 9.17) is 20.3 Å². The fourth-order valence-electron chi connectivity index (χ4n) is 3.21. The average molecular weight is 438 g/mol. The van der Waals surface area contributed by atoms with Gasteiger partial charge in [0.05, 0.1) is 13.3 Å². The molecule has 1 aromatic heterocycles. The van der Waals surface area contributed by atoms with Crippen molar-refractivity contribution in [1.29, 1.82) is 0 Å². The van der Waals surface area contributed by atoms with Crippen LogP contribution in [-0.4, -0.2) is 47.3 Å². The van der Waals surface area contributed by atoms with Crippen LogP contribution >= 0.6 is 0 Å². The Hall–Kier alpha value is -2.59. The minimum Gasteiger partial charge on any atom is -0.416 e. The number of hydrogen-bond donors (Lipinski definition) is 4. The van der Waals surface area contributed by atoms with Crippen molar-refractivity contribution in [1.82, 2.24) is 9.97 Å². The summed E-state index contributed by atoms with van der Waals surface area (Å²) in [4.78, 5) is 32.5. The van der Waals surface area contributed by atoms with Crippen LogP contribution in [0.4, 0.5) is 17.5 Å². The van der Waals surface area contributed by atoms with Crippen molar-refractivity contribution in [3.63, 3.8) is 0 Å². The number of aliphatic hydroxyl groups is 1. The molecule has 2 rings (SSSR count). The molecule has 0 saturated heterocycles. The lowest BCUT2D eigenvalue weighted by Gasteiger charge is -2.27. The van der Waals surface area contributed by atoms with Gasteiger partial charge in [0.2, 0.25) is 5.95 Å². The summed E-state index contributed by atoms with van der Waals surface area (Å²) >= 11 is 0. The summed E-state index contributed by atoms with van der Waals surface area (Å²) in [6.07, 6.45) is 11.3. The third-order valence-electron chi connectivity index (χ3n) is 4.82. The van der Waals surface area contributed by atoms with Gasteiger partial charge in [0, 0.05) is 13.0 Å². The maximum atomic E-state index is 12.4. The van der Waals surface area contributed by atoms with Gasteiger partial charge in [-0.1, -0.05) is 38.3 Å². The SMILES string of the molecule is CCC=CCCCCCCCC(=O)OC(OCCCO)N1CNc2c1nc(N)[nH]c2=O. The highest BCUT2D eigenvalue weighted by molar-refractivity contribution is 5.72. The van der Waals surface area contributed by atoms with Crippen LogP contribution in [0, 0.1) is 0 Å². The fraction of sp³-hybridized carbons (Fsp3) is 0.667. The number of carbonyl (C=O) groups is 1. The molecule has 0 radical (unpaired) electrons. The minimum absolute atomic E-state index is 0.0388. The number of allylic oxidation sites excluding steroid dienone is 2. The number of esters is 1. The Labute approximate surface area is 182 Å². The Morgan fingerprint density at radius 2 is 2.03 bits per heavy atom. The lowest BCUT2D eigenvalue weighted by Crippen LogP contribution is -2.41. The van der Waals surface area contributed by atoms with Crippen molar-refractivity contribution in [2.45, 2.75) is 71.1 Å². The number of aliphatic hydroxyl groups excluding tert-OH is 1. The number of hydrogen-bond acceptors (Lipinski definition) is 9. The molecule has 0 saturated carbocycles. The smallest absolute Gasteiger partial charge is 0.309 e. The first-order valence-corrected chi connectivity index (χ1v) is 11.0. The van der Waals surface area contributed by atoms with Gasteiger partial charge in [0.1, 0.15) is 5.69 Å². The molecule has 0 aromatic carbocycles. The van der Waals surface area contributed by atoms with E-state index in [1.807, 2.05) is 0 Å². The molecule has 1 aromatic rings. The number of fused-ring (bicyclic) bond motifs is 1. The molecule has 0 bridgehead atoms. The van der Waals surface area contributed by atoms with E-state index >= 15 is 0 Å². The third-order valence-corrected chi connectivity index (χ3v) is 4.82. The van der Waals surface area contributed by atoms with Gasteiger partial charge >= 0.3 is 5.97 Å². The number of nitrogens with two attached hydrogens (primary N) is 1. The monoisotopic (exact) mass is 437 g/mol. The van der Waals surface area contributed by atoms with Gasteiger partial charge in [0.25, 0.3) is 12.0 Å². The van der Waals surface area contributed by atoms with Gasteiger partial charge in [-0.15, -0.1) is 0 Å². The molecule has 2 heterocycles. The zero-order chi connectivity index (χ0) is 22.5. The molecule has 0 spiro atoms. The van der Waals surface area contributed by atoms with Crippen LogP contribution in [0.1, 0.15) is 64.7 Å². The van der Waals surface area contributed by atoms with Crippen molar-refractivity contribution in [3.8, 4) is 0 Å². The first-order valence-electron chi connectivity index (χ1n) is 11.0. The number of carbonyl (C=O) groups excluding carboxylic acids is 1. The molecular weight excluding hydrogens is 402 g/mol. The molecule has 1 atom stereocenters. The molecule has 31 heavy (non-hydrogen) atoms. The molecule has 1 unspecified atom stereocenters. The van der Waals surface area contributed by atoms with Crippen LogP contribution in [0.2, 0.25) is 0 Å². The van der Waals surface area contributed by atoms with Crippen LogP contribution < -0.4 is 21.5 Å². The Balaban J connectivity index is 1.83. The molecule has 10 nitrogen and oxygen atoms in total. The van der Waals surface area contributed by atoms with Gasteiger partial charge in [0.15, 0.2) is 5.82 Å². The Morgan fingerprint density at radius 1 is 1.26 bits per heavy atom. The second kappa shape index (κ2) is 13.7. The van der Waals surface area contributed by atoms with Crippen LogP contribution in [0.5, 0.6) is 0 Å². The Kier molecular flexibility index (Phi) is 10.9. The van der Waals surface area contributed by atoms with Crippen molar-refractivity contribution < 1.29 is 19.4 Å². The highest BCUT2D eigenvalue weighted by Crippen LogP contribution is 2.28. The van der Waals surface area contributed by atoms with Crippen LogP contribution in [0.3, 0.4) is 0 Å². The number of rotatable bonds is 15. The summed E-state index contributed by atoms with van der Waals surface area (Å²) in [6.45, 7) is 2.45. The van der Waals surface area contributed by atoms with Crippen molar-refractivity contribution in [2.24, 2.45) is 0 Å². The van der Waals surface area contributed by atoms with Crippen molar-refractivity contribution in [3.05, 3.63) is 22.5 Å². The van der Waals surface area contributed by atoms with Gasteiger partial charge in [-0.3, -0.25) is 19.5 Å². The van der Waals surface area contributed by atoms with Crippen LogP contribution in [-0.2, 0) is 14.3 Å². The van der Waals surface area contributed by atoms with E-state index < -0.39 is 12.0 Å². The van der Waals surface area contributed by atoms with Gasteiger partial charge in [-0.25, -0.2) is 0 Å². The largest absolute Gasteiger partial charge is 0.416 e. The molecule has 10 heteroatoms. The maximum absolute atomic E-state index is 12.4. The molecule has 5 N–H and O–H groups in total. The number of unbranched alkanes of at least 4 members (excludes halogenated alkanes) is 5. The van der Waals surface area contributed by atoms with E-state index in [2.05, 4.69) is 34.4 Å². The normalized spacial score (nSPS) is 13.9. The molecule has 174 valence electrons. The molecule has 1 aliphatic rings. The molecule has 1 aliphatic heterocycles. The predicted molar refractivity (Wildman–Crippen MR) is 120 cm³/mol. The van der Waals surface area contributed by atoms with Crippen LogP contribution in [0.15, 0.2) is 16.9 Å². The lowest BCUT2D eigenvalue weighted by molar-refractivity contribution is -0.179. The number of anilines is 3. The topological polar surface area (TPSA) is 143 Å². The Bertz CT molecular complexity index is 767. The lowest BCUT2D eigenvalue weighted by atomic mass is 10.1. The van der Waals surface area contributed by atoms with Crippen LogP contribution in [0.25, 0.3) is 0 Å². The molecule has 0 amide bonds. The highest BCUT2D eigenvalue weighted by Gasteiger charge is 2.32. The van der Waals surface area contributed by atoms with E-state index in [-0.39, 0.29) is 49.7 Å². The summed E-state index contributed by atoms with van der Waals surface area (Å²) in [6, 6.07) is 0. The molecular formula is C21H35N5O5. The standard InChI is InChI=1S/C21H35N5O5/c1-2-3-4-5-6-7-8-9-10-12-16(28)31-21(30-14-11-13-27)26-15-23-17-18(26)24-20(22)25-19(17)29/h3-4,21,23,27H,2,5-15H2,1H3,(H3,22,24,25,29). The number of ether oxygens (including phenoxy) is 2. The fourth-order valence-corrected chi connectivity index (χ4v) is 3.21. The second-order valence-corrected chi connectivity index (χ2v) is 7.39. The predicted octanol–water partition coefficient (Wildman–Crippen LogP) is 2.46. The summed E-state index contributed by atoms with van der Waals surface area (Å²) in [5, 5.41) is 11.9. The molecule has 0 fully saturated rings. The zero-order valence-electron chi connectivity index (χ0n) is 18.3. The van der Waals surface area contributed by atoms with Crippen molar-refractivity contribution >= 4 is 23.4 Å². The first-order chi connectivity index (χ1) is 15.1. The van der Waals surface area contributed by atoms with E-state index in [1.165, 1.54) is 11.3 Å². The first kappa shape index (κ1) is 24.7. The highest BCUT2D eigenvalue weighted by atomic mass is 16.7. The van der Waals surface area contributed by atoms with Gasteiger partial charge < -0.3 is 25.6 Å². The van der Waals surface area contributed by atoms with E-state index in [0.717, 1.165) is 38.5 Å². The number of nitrogen functional groups attached to an aromatic ring is 1. The summed E-state index contributed by atoms with van der Waals surface area (Å²) in [7, 11) is 0. The number of nitrogens with zero attached hydrogens (tertiary/aromatic N) is 2. The number of nitrogens with one attached hydrogen (secondary N) is 2. The quantitative estimate of drug-likeness (QED) is 0.141. The number of aromatic nitrogens is 2.